The second kappa shape index (κ2) is 2.61. The standard InChI is InChI=1S/C9H14N2O/c10-4-3-9(12)2-1-7-5-11-6-8(7)9/h5-6,11-12H,1-4,10H2. The Kier molecular flexibility index (Phi) is 1.70. The average molecular weight is 166 g/mol. The zero-order valence-corrected chi connectivity index (χ0v) is 7.01. The summed E-state index contributed by atoms with van der Waals surface area (Å²) in [5.41, 5.74) is 7.09. The van der Waals surface area contributed by atoms with Gasteiger partial charge >= 0.3 is 0 Å². The number of nitrogens with one attached hydrogen (secondary N) is 1. The Hall–Kier alpha value is -0.800. The van der Waals surface area contributed by atoms with E-state index >= 15 is 0 Å². The first kappa shape index (κ1) is 7.83. The van der Waals surface area contributed by atoms with Crippen molar-refractivity contribution in [1.82, 2.24) is 4.98 Å². The minimum absolute atomic E-state index is 0.543. The molecule has 1 unspecified atom stereocenters. The fourth-order valence-electron chi connectivity index (χ4n) is 2.01. The Labute approximate surface area is 71.6 Å². The fraction of sp³-hybridized carbons (Fsp3) is 0.556. The molecule has 0 bridgehead atoms. The molecule has 4 N–H and O–H groups in total. The largest absolute Gasteiger partial charge is 0.385 e. The molecule has 3 nitrogen and oxygen atoms in total. The molecule has 2 rings (SSSR count). The van der Waals surface area contributed by atoms with Gasteiger partial charge in [-0.05, 0) is 31.4 Å². The summed E-state index contributed by atoms with van der Waals surface area (Å²) in [5.74, 6) is 0. The van der Waals surface area contributed by atoms with Crippen LogP contribution in [0, 0.1) is 0 Å². The van der Waals surface area contributed by atoms with Gasteiger partial charge in [0.25, 0.3) is 0 Å². The van der Waals surface area contributed by atoms with Crippen LogP contribution in [0.5, 0.6) is 0 Å². The van der Waals surface area contributed by atoms with Gasteiger partial charge in [0.05, 0.1) is 5.60 Å². The molecule has 0 saturated heterocycles. The number of hydrogen-bond donors (Lipinski definition) is 3. The van der Waals surface area contributed by atoms with Gasteiger partial charge in [-0.15, -0.1) is 0 Å². The van der Waals surface area contributed by atoms with Crippen LogP contribution in [-0.2, 0) is 12.0 Å². The van der Waals surface area contributed by atoms with E-state index in [0.29, 0.717) is 13.0 Å². The van der Waals surface area contributed by atoms with Gasteiger partial charge in [0.1, 0.15) is 0 Å². The highest BCUT2D eigenvalue weighted by atomic mass is 16.3. The number of aliphatic hydroxyl groups is 1. The van der Waals surface area contributed by atoms with E-state index in [9.17, 15) is 5.11 Å². The second-order valence-corrected chi connectivity index (χ2v) is 3.46. The van der Waals surface area contributed by atoms with E-state index in [4.69, 9.17) is 5.73 Å². The molecule has 12 heavy (non-hydrogen) atoms. The predicted molar refractivity (Wildman–Crippen MR) is 46.7 cm³/mol. The molecular formula is C9H14N2O. The van der Waals surface area contributed by atoms with Crippen LogP contribution >= 0.6 is 0 Å². The monoisotopic (exact) mass is 166 g/mol. The van der Waals surface area contributed by atoms with Crippen molar-refractivity contribution in [3.63, 3.8) is 0 Å². The number of nitrogens with two attached hydrogens (primary N) is 1. The van der Waals surface area contributed by atoms with Gasteiger partial charge in [-0.1, -0.05) is 0 Å². The highest BCUT2D eigenvalue weighted by molar-refractivity contribution is 5.34. The first-order chi connectivity index (χ1) is 5.76. The molecule has 1 atom stereocenters. The average Bonchev–Trinajstić information content (AvgIpc) is 2.57. The summed E-state index contributed by atoms with van der Waals surface area (Å²) in [6, 6.07) is 0. The summed E-state index contributed by atoms with van der Waals surface area (Å²) in [4.78, 5) is 3.01. The Morgan fingerprint density at radius 3 is 3.17 bits per heavy atom. The van der Waals surface area contributed by atoms with E-state index in [0.717, 1.165) is 18.4 Å². The number of aryl methyl sites for hydroxylation is 1. The number of rotatable bonds is 2. The third kappa shape index (κ3) is 0.974. The minimum atomic E-state index is -0.649. The molecule has 1 aromatic rings. The van der Waals surface area contributed by atoms with E-state index in [-0.39, 0.29) is 0 Å². The van der Waals surface area contributed by atoms with Crippen molar-refractivity contribution in [3.8, 4) is 0 Å². The van der Waals surface area contributed by atoms with E-state index in [2.05, 4.69) is 4.98 Å². The van der Waals surface area contributed by atoms with Crippen molar-refractivity contribution in [2.24, 2.45) is 5.73 Å². The molecule has 0 aliphatic heterocycles. The first-order valence-corrected chi connectivity index (χ1v) is 4.35. The molecule has 0 amide bonds. The van der Waals surface area contributed by atoms with Gasteiger partial charge in [0.15, 0.2) is 0 Å². The topological polar surface area (TPSA) is 62.0 Å². The van der Waals surface area contributed by atoms with Crippen LogP contribution in [0.15, 0.2) is 12.4 Å². The fourth-order valence-corrected chi connectivity index (χ4v) is 2.01. The zero-order valence-electron chi connectivity index (χ0n) is 7.01. The molecule has 1 aromatic heterocycles. The maximum atomic E-state index is 10.1. The van der Waals surface area contributed by atoms with Crippen LogP contribution in [0.2, 0.25) is 0 Å². The smallest absolute Gasteiger partial charge is 0.0928 e. The van der Waals surface area contributed by atoms with Crippen LogP contribution in [0.1, 0.15) is 24.0 Å². The number of fused-ring (bicyclic) bond motifs is 1. The number of H-pyrrole nitrogens is 1. The summed E-state index contributed by atoms with van der Waals surface area (Å²) >= 11 is 0. The van der Waals surface area contributed by atoms with Crippen LogP contribution in [-0.4, -0.2) is 16.6 Å². The molecule has 0 fully saturated rings. The summed E-state index contributed by atoms with van der Waals surface area (Å²) < 4.78 is 0. The molecular weight excluding hydrogens is 152 g/mol. The minimum Gasteiger partial charge on any atom is -0.385 e. The molecule has 0 saturated carbocycles. The summed E-state index contributed by atoms with van der Waals surface area (Å²) in [6.45, 7) is 0.543. The van der Waals surface area contributed by atoms with Gasteiger partial charge < -0.3 is 15.8 Å². The Morgan fingerprint density at radius 2 is 2.42 bits per heavy atom. The van der Waals surface area contributed by atoms with E-state index in [1.165, 1.54) is 5.56 Å². The van der Waals surface area contributed by atoms with E-state index in [1.807, 2.05) is 12.4 Å². The SMILES string of the molecule is NCCC1(O)CCc2c[nH]cc21. The number of aromatic amines is 1. The third-order valence-corrected chi connectivity index (χ3v) is 2.70. The molecule has 0 aromatic carbocycles. The summed E-state index contributed by atoms with van der Waals surface area (Å²) in [7, 11) is 0. The molecule has 0 radical (unpaired) electrons. The van der Waals surface area contributed by atoms with Crippen LogP contribution < -0.4 is 5.73 Å². The highest BCUT2D eigenvalue weighted by Crippen LogP contribution is 2.38. The van der Waals surface area contributed by atoms with E-state index < -0.39 is 5.60 Å². The molecule has 3 heteroatoms. The quantitative estimate of drug-likeness (QED) is 0.599. The summed E-state index contributed by atoms with van der Waals surface area (Å²) in [5, 5.41) is 10.1. The van der Waals surface area contributed by atoms with Crippen molar-refractivity contribution in [1.29, 1.82) is 0 Å². The molecule has 0 spiro atoms. The second-order valence-electron chi connectivity index (χ2n) is 3.46. The lowest BCUT2D eigenvalue weighted by Crippen LogP contribution is -2.25. The predicted octanol–water partition coefficient (Wildman–Crippen LogP) is 0.497. The van der Waals surface area contributed by atoms with Crippen molar-refractivity contribution < 1.29 is 5.11 Å². The van der Waals surface area contributed by atoms with Gasteiger partial charge in [0, 0.05) is 18.0 Å². The van der Waals surface area contributed by atoms with Gasteiger partial charge in [-0.2, -0.15) is 0 Å². The van der Waals surface area contributed by atoms with Crippen LogP contribution in [0.3, 0.4) is 0 Å². The van der Waals surface area contributed by atoms with Crippen LogP contribution in [0.4, 0.5) is 0 Å². The summed E-state index contributed by atoms with van der Waals surface area (Å²) in [6.07, 6.45) is 6.30. The molecule has 1 aliphatic rings. The Balaban J connectivity index is 2.31. The lowest BCUT2D eigenvalue weighted by molar-refractivity contribution is 0.0319. The number of hydrogen-bond acceptors (Lipinski definition) is 2. The van der Waals surface area contributed by atoms with Gasteiger partial charge in [-0.25, -0.2) is 0 Å². The van der Waals surface area contributed by atoms with Crippen LogP contribution in [0.25, 0.3) is 0 Å². The molecule has 1 heterocycles. The molecule has 66 valence electrons. The first-order valence-electron chi connectivity index (χ1n) is 4.35. The van der Waals surface area contributed by atoms with Gasteiger partial charge in [0.2, 0.25) is 0 Å². The van der Waals surface area contributed by atoms with Gasteiger partial charge in [-0.3, -0.25) is 0 Å². The Bertz CT molecular complexity index is 282. The Morgan fingerprint density at radius 1 is 1.58 bits per heavy atom. The lowest BCUT2D eigenvalue weighted by atomic mass is 9.94. The normalized spacial score (nSPS) is 27.5. The van der Waals surface area contributed by atoms with Crippen molar-refractivity contribution >= 4 is 0 Å². The highest BCUT2D eigenvalue weighted by Gasteiger charge is 2.36. The maximum absolute atomic E-state index is 10.1. The van der Waals surface area contributed by atoms with E-state index in [1.54, 1.807) is 0 Å². The zero-order chi connectivity index (χ0) is 8.60. The third-order valence-electron chi connectivity index (χ3n) is 2.70. The van der Waals surface area contributed by atoms with Crippen molar-refractivity contribution in [2.45, 2.75) is 24.9 Å². The maximum Gasteiger partial charge on any atom is 0.0928 e. The number of aromatic nitrogens is 1. The van der Waals surface area contributed by atoms with Crippen molar-refractivity contribution in [3.05, 3.63) is 23.5 Å². The lowest BCUT2D eigenvalue weighted by Gasteiger charge is -2.21. The molecule has 1 aliphatic carbocycles. The van der Waals surface area contributed by atoms with Crippen molar-refractivity contribution in [2.75, 3.05) is 6.54 Å².